The van der Waals surface area contributed by atoms with Gasteiger partial charge in [-0.1, -0.05) is 0 Å². The molecule has 0 aliphatic carbocycles. The third-order valence-corrected chi connectivity index (χ3v) is 3.41. The predicted octanol–water partition coefficient (Wildman–Crippen LogP) is 1.01. The second-order valence-electron chi connectivity index (χ2n) is 5.23. The molecule has 0 saturated heterocycles. The van der Waals surface area contributed by atoms with Crippen LogP contribution in [0.1, 0.15) is 36.7 Å². The highest BCUT2D eigenvalue weighted by Crippen LogP contribution is 2.21. The summed E-state index contributed by atoms with van der Waals surface area (Å²) in [5.41, 5.74) is 2.02. The third kappa shape index (κ3) is 3.02. The Morgan fingerprint density at radius 2 is 2.26 bits per heavy atom. The molecule has 2 heterocycles. The zero-order valence-electron chi connectivity index (χ0n) is 11.8. The van der Waals surface area contributed by atoms with E-state index in [9.17, 15) is 5.11 Å². The van der Waals surface area contributed by atoms with Crippen LogP contribution in [0, 0.1) is 6.92 Å². The Balaban J connectivity index is 2.00. The predicted molar refractivity (Wildman–Crippen MR) is 72.5 cm³/mol. The molecule has 2 atom stereocenters. The van der Waals surface area contributed by atoms with Crippen LogP contribution in [0.3, 0.4) is 0 Å². The van der Waals surface area contributed by atoms with Crippen molar-refractivity contribution in [2.75, 3.05) is 6.54 Å². The second kappa shape index (κ2) is 5.14. The lowest BCUT2D eigenvalue weighted by Crippen LogP contribution is -2.36. The molecule has 3 N–H and O–H groups in total. The van der Waals surface area contributed by atoms with Gasteiger partial charge in [-0.2, -0.15) is 10.2 Å². The lowest BCUT2D eigenvalue weighted by atomic mass is 9.98. The molecular weight excluding hydrogens is 242 g/mol. The van der Waals surface area contributed by atoms with Crippen LogP contribution in [-0.4, -0.2) is 31.6 Å². The summed E-state index contributed by atoms with van der Waals surface area (Å²) in [6.45, 7) is 6.27. The summed E-state index contributed by atoms with van der Waals surface area (Å²) in [6, 6.07) is 0.127. The van der Waals surface area contributed by atoms with E-state index in [2.05, 4.69) is 27.5 Å². The van der Waals surface area contributed by atoms with Gasteiger partial charge >= 0.3 is 0 Å². The molecule has 2 aromatic rings. The van der Waals surface area contributed by atoms with Gasteiger partial charge in [0, 0.05) is 42.7 Å². The number of hydrogen-bond donors (Lipinski definition) is 3. The van der Waals surface area contributed by atoms with Gasteiger partial charge in [0.05, 0.1) is 12.4 Å². The fourth-order valence-corrected chi connectivity index (χ4v) is 2.06. The molecule has 6 nitrogen and oxygen atoms in total. The molecule has 0 fully saturated rings. The molecular formula is C13H21N5O. The fraction of sp³-hybridized carbons (Fsp3) is 0.538. The number of aliphatic hydroxyl groups is 1. The molecule has 19 heavy (non-hydrogen) atoms. The lowest BCUT2D eigenvalue weighted by Gasteiger charge is -2.25. The van der Waals surface area contributed by atoms with Crippen LogP contribution in [0.5, 0.6) is 0 Å². The van der Waals surface area contributed by atoms with Crippen LogP contribution in [0.2, 0.25) is 0 Å². The van der Waals surface area contributed by atoms with E-state index in [4.69, 9.17) is 0 Å². The molecule has 0 aliphatic heterocycles. The Morgan fingerprint density at radius 3 is 2.79 bits per heavy atom. The zero-order chi connectivity index (χ0) is 14.0. The van der Waals surface area contributed by atoms with Crippen LogP contribution in [-0.2, 0) is 12.6 Å². The van der Waals surface area contributed by atoms with Crippen molar-refractivity contribution in [1.29, 1.82) is 0 Å². The summed E-state index contributed by atoms with van der Waals surface area (Å²) in [6.07, 6.45) is 5.33. The normalized spacial score (nSPS) is 16.3. The average Bonchev–Trinajstić information content (AvgIpc) is 2.95. The third-order valence-electron chi connectivity index (χ3n) is 3.41. The zero-order valence-corrected chi connectivity index (χ0v) is 11.8. The number of aromatic nitrogens is 4. The van der Waals surface area contributed by atoms with Gasteiger partial charge in [-0.05, 0) is 20.8 Å². The SMILES string of the molecule is Cc1[nH]ncc1C(C)NCC(C)(O)c1cnn(C)c1. The molecule has 0 aliphatic rings. The van der Waals surface area contributed by atoms with Crippen molar-refractivity contribution in [2.45, 2.75) is 32.4 Å². The standard InChI is InChI=1S/C13H21N5O/c1-9(12-6-15-17-10(12)2)14-8-13(3,19)11-5-16-18(4)7-11/h5-7,9,14,19H,8H2,1-4H3,(H,15,17). The van der Waals surface area contributed by atoms with Crippen molar-refractivity contribution in [3.8, 4) is 0 Å². The summed E-state index contributed by atoms with van der Waals surface area (Å²) < 4.78 is 1.69. The summed E-state index contributed by atoms with van der Waals surface area (Å²) in [7, 11) is 1.84. The molecule has 104 valence electrons. The molecule has 2 unspecified atom stereocenters. The van der Waals surface area contributed by atoms with Crippen molar-refractivity contribution < 1.29 is 5.11 Å². The second-order valence-corrected chi connectivity index (χ2v) is 5.23. The first-order valence-corrected chi connectivity index (χ1v) is 6.35. The van der Waals surface area contributed by atoms with E-state index >= 15 is 0 Å². The molecule has 0 radical (unpaired) electrons. The summed E-state index contributed by atoms with van der Waals surface area (Å²) in [5, 5.41) is 24.8. The molecule has 0 bridgehead atoms. The summed E-state index contributed by atoms with van der Waals surface area (Å²) >= 11 is 0. The number of H-pyrrole nitrogens is 1. The summed E-state index contributed by atoms with van der Waals surface area (Å²) in [4.78, 5) is 0. The quantitative estimate of drug-likeness (QED) is 0.752. The van der Waals surface area contributed by atoms with Crippen LogP contribution in [0.25, 0.3) is 0 Å². The number of rotatable bonds is 5. The van der Waals surface area contributed by atoms with Gasteiger partial charge in [0.1, 0.15) is 5.60 Å². The molecule has 0 spiro atoms. The van der Waals surface area contributed by atoms with Crippen LogP contribution < -0.4 is 5.32 Å². The number of nitrogens with one attached hydrogen (secondary N) is 2. The van der Waals surface area contributed by atoms with Gasteiger partial charge in [-0.15, -0.1) is 0 Å². The number of nitrogens with zero attached hydrogens (tertiary/aromatic N) is 3. The Labute approximate surface area is 112 Å². The topological polar surface area (TPSA) is 78.8 Å². The Hall–Kier alpha value is -1.66. The van der Waals surface area contributed by atoms with Crippen LogP contribution >= 0.6 is 0 Å². The first kappa shape index (κ1) is 13.8. The van der Waals surface area contributed by atoms with Crippen LogP contribution in [0.15, 0.2) is 18.6 Å². The van der Waals surface area contributed by atoms with Crippen molar-refractivity contribution >= 4 is 0 Å². The van der Waals surface area contributed by atoms with Gasteiger partial charge in [-0.3, -0.25) is 9.78 Å². The van der Waals surface area contributed by atoms with Crippen molar-refractivity contribution in [3.05, 3.63) is 35.4 Å². The van der Waals surface area contributed by atoms with Gasteiger partial charge in [0.2, 0.25) is 0 Å². The highest BCUT2D eigenvalue weighted by atomic mass is 16.3. The van der Waals surface area contributed by atoms with E-state index in [0.29, 0.717) is 6.54 Å². The van der Waals surface area contributed by atoms with E-state index < -0.39 is 5.60 Å². The molecule has 0 amide bonds. The minimum Gasteiger partial charge on any atom is -0.384 e. The average molecular weight is 263 g/mol. The van der Waals surface area contributed by atoms with E-state index in [1.165, 1.54) is 0 Å². The van der Waals surface area contributed by atoms with Gasteiger partial charge in [0.25, 0.3) is 0 Å². The molecule has 2 rings (SSSR count). The largest absolute Gasteiger partial charge is 0.384 e. The van der Waals surface area contributed by atoms with Crippen molar-refractivity contribution in [2.24, 2.45) is 7.05 Å². The Kier molecular flexibility index (Phi) is 3.73. The molecule has 0 saturated carbocycles. The Bertz CT molecular complexity index is 543. The highest BCUT2D eigenvalue weighted by Gasteiger charge is 2.25. The maximum absolute atomic E-state index is 10.5. The number of hydrogen-bond acceptors (Lipinski definition) is 4. The molecule has 2 aromatic heterocycles. The maximum Gasteiger partial charge on any atom is 0.102 e. The first-order valence-electron chi connectivity index (χ1n) is 6.35. The number of aromatic amines is 1. The fourth-order valence-electron chi connectivity index (χ4n) is 2.06. The minimum absolute atomic E-state index is 0.127. The first-order chi connectivity index (χ1) is 8.90. The van der Waals surface area contributed by atoms with Crippen LogP contribution in [0.4, 0.5) is 0 Å². The van der Waals surface area contributed by atoms with Gasteiger partial charge in [0.15, 0.2) is 0 Å². The maximum atomic E-state index is 10.5. The van der Waals surface area contributed by atoms with Gasteiger partial charge < -0.3 is 10.4 Å². The van der Waals surface area contributed by atoms with E-state index in [1.54, 1.807) is 17.8 Å². The molecule has 6 heteroatoms. The number of aryl methyl sites for hydroxylation is 2. The van der Waals surface area contributed by atoms with Crippen molar-refractivity contribution in [1.82, 2.24) is 25.3 Å². The summed E-state index contributed by atoms with van der Waals surface area (Å²) in [5.74, 6) is 0. The smallest absolute Gasteiger partial charge is 0.102 e. The lowest BCUT2D eigenvalue weighted by molar-refractivity contribution is 0.0542. The van der Waals surface area contributed by atoms with E-state index in [1.807, 2.05) is 26.4 Å². The Morgan fingerprint density at radius 1 is 1.53 bits per heavy atom. The molecule has 0 aromatic carbocycles. The highest BCUT2D eigenvalue weighted by molar-refractivity contribution is 5.19. The van der Waals surface area contributed by atoms with Gasteiger partial charge in [-0.25, -0.2) is 0 Å². The minimum atomic E-state index is -0.944. The monoisotopic (exact) mass is 263 g/mol. The van der Waals surface area contributed by atoms with Crippen molar-refractivity contribution in [3.63, 3.8) is 0 Å². The van der Waals surface area contributed by atoms with E-state index in [-0.39, 0.29) is 6.04 Å². The van der Waals surface area contributed by atoms with E-state index in [0.717, 1.165) is 16.8 Å².